The fourth-order valence-electron chi connectivity index (χ4n) is 2.92. The van der Waals surface area contributed by atoms with E-state index in [1.807, 2.05) is 34.7 Å². The van der Waals surface area contributed by atoms with Crippen molar-refractivity contribution in [1.82, 2.24) is 30.6 Å². The molecule has 0 bridgehead atoms. The van der Waals surface area contributed by atoms with Crippen molar-refractivity contribution < 1.29 is 14.3 Å². The van der Waals surface area contributed by atoms with Crippen molar-refractivity contribution in [2.45, 2.75) is 60.1 Å². The molecule has 0 aliphatic heterocycles. The number of nitrogens with one attached hydrogen (secondary N) is 3. The molecule has 29 heavy (non-hydrogen) atoms. The molecule has 1 atom stereocenters. The van der Waals surface area contributed by atoms with Crippen LogP contribution in [0.5, 0.6) is 0 Å². The Hall–Kier alpha value is -2.84. The zero-order chi connectivity index (χ0) is 21.9. The van der Waals surface area contributed by atoms with Gasteiger partial charge in [0.2, 0.25) is 0 Å². The molecule has 2 aromatic rings. The summed E-state index contributed by atoms with van der Waals surface area (Å²) in [5.41, 5.74) is 3.18. The Balaban J connectivity index is 2.02. The first-order valence-corrected chi connectivity index (χ1v) is 9.72. The second-order valence-corrected chi connectivity index (χ2v) is 8.54. The second kappa shape index (κ2) is 8.67. The largest absolute Gasteiger partial charge is 0.444 e. The summed E-state index contributed by atoms with van der Waals surface area (Å²) in [6, 6.07) is 1.44. The van der Waals surface area contributed by atoms with Crippen molar-refractivity contribution in [2.75, 3.05) is 6.54 Å². The maximum Gasteiger partial charge on any atom is 0.407 e. The van der Waals surface area contributed by atoms with E-state index in [0.717, 1.165) is 17.0 Å². The van der Waals surface area contributed by atoms with Crippen molar-refractivity contribution in [3.8, 4) is 11.3 Å². The van der Waals surface area contributed by atoms with E-state index in [9.17, 15) is 9.59 Å². The number of amides is 2. The minimum atomic E-state index is -0.580. The van der Waals surface area contributed by atoms with E-state index in [2.05, 4.69) is 25.9 Å². The van der Waals surface area contributed by atoms with Crippen molar-refractivity contribution in [3.63, 3.8) is 0 Å². The molecule has 0 aliphatic carbocycles. The van der Waals surface area contributed by atoms with Crippen LogP contribution in [0.1, 0.15) is 56.5 Å². The van der Waals surface area contributed by atoms with Crippen LogP contribution >= 0.6 is 0 Å². The summed E-state index contributed by atoms with van der Waals surface area (Å²) in [6.07, 6.45) is -0.503. The Bertz CT molecular complexity index is 875. The van der Waals surface area contributed by atoms with Crippen LogP contribution in [0.3, 0.4) is 0 Å². The van der Waals surface area contributed by atoms with E-state index in [1.54, 1.807) is 31.5 Å². The number of aryl methyl sites for hydroxylation is 2. The first kappa shape index (κ1) is 22.4. The number of hydrogen-bond acceptors (Lipinski definition) is 5. The molecule has 160 valence electrons. The topological polar surface area (TPSA) is 114 Å². The van der Waals surface area contributed by atoms with Gasteiger partial charge in [-0.3, -0.25) is 14.6 Å². The van der Waals surface area contributed by atoms with Gasteiger partial charge in [0.15, 0.2) is 0 Å². The van der Waals surface area contributed by atoms with Gasteiger partial charge in [0.25, 0.3) is 5.91 Å². The van der Waals surface area contributed by atoms with E-state index in [4.69, 9.17) is 4.74 Å². The number of rotatable bonds is 6. The molecule has 2 aromatic heterocycles. The highest BCUT2D eigenvalue weighted by Gasteiger charge is 2.23. The normalized spacial score (nSPS) is 12.7. The molecule has 2 amide bonds. The monoisotopic (exact) mass is 404 g/mol. The van der Waals surface area contributed by atoms with Gasteiger partial charge < -0.3 is 15.4 Å². The third-order valence-electron chi connectivity index (χ3n) is 4.58. The Morgan fingerprint density at radius 2 is 1.93 bits per heavy atom. The predicted molar refractivity (Wildman–Crippen MR) is 111 cm³/mol. The lowest BCUT2D eigenvalue weighted by Gasteiger charge is -2.25. The van der Waals surface area contributed by atoms with Gasteiger partial charge >= 0.3 is 6.09 Å². The highest BCUT2D eigenvalue weighted by molar-refractivity contribution is 5.93. The molecule has 0 aliphatic rings. The number of H-pyrrole nitrogens is 1. The SMILES string of the molecule is Cc1nn(C)c(C)c1-c1cc(C(=O)NCC(NC(=O)OC(C)(C)C)C(C)C)[nH]n1. The van der Waals surface area contributed by atoms with Crippen molar-refractivity contribution in [3.05, 3.63) is 23.1 Å². The third kappa shape index (κ3) is 5.82. The molecule has 0 saturated carbocycles. The Morgan fingerprint density at radius 1 is 1.28 bits per heavy atom. The lowest BCUT2D eigenvalue weighted by Crippen LogP contribution is -2.48. The zero-order valence-electron chi connectivity index (χ0n) is 18.5. The fraction of sp³-hybridized carbons (Fsp3) is 0.600. The molecule has 0 radical (unpaired) electrons. The fourth-order valence-corrected chi connectivity index (χ4v) is 2.92. The van der Waals surface area contributed by atoms with Crippen LogP contribution < -0.4 is 10.6 Å². The summed E-state index contributed by atoms with van der Waals surface area (Å²) in [4.78, 5) is 24.6. The first-order chi connectivity index (χ1) is 13.4. The maximum atomic E-state index is 12.6. The van der Waals surface area contributed by atoms with Gasteiger partial charge in [0.05, 0.1) is 17.4 Å². The summed E-state index contributed by atoms with van der Waals surface area (Å²) in [7, 11) is 1.87. The summed E-state index contributed by atoms with van der Waals surface area (Å²) in [6.45, 7) is 13.5. The summed E-state index contributed by atoms with van der Waals surface area (Å²) < 4.78 is 7.09. The molecule has 2 heterocycles. The Kier molecular flexibility index (Phi) is 6.71. The van der Waals surface area contributed by atoms with Gasteiger partial charge in [0, 0.05) is 24.8 Å². The van der Waals surface area contributed by atoms with Gasteiger partial charge in [0.1, 0.15) is 11.3 Å². The van der Waals surface area contributed by atoms with Crippen LogP contribution in [0.25, 0.3) is 11.3 Å². The highest BCUT2D eigenvalue weighted by Crippen LogP contribution is 2.25. The molecular formula is C20H32N6O3. The second-order valence-electron chi connectivity index (χ2n) is 8.54. The Labute approximate surface area is 171 Å². The molecular weight excluding hydrogens is 372 g/mol. The van der Waals surface area contributed by atoms with Gasteiger partial charge in [-0.1, -0.05) is 13.8 Å². The van der Waals surface area contributed by atoms with Crippen molar-refractivity contribution in [2.24, 2.45) is 13.0 Å². The maximum absolute atomic E-state index is 12.6. The molecule has 0 aromatic carbocycles. The molecule has 0 fully saturated rings. The van der Waals surface area contributed by atoms with E-state index >= 15 is 0 Å². The number of aromatic amines is 1. The quantitative estimate of drug-likeness (QED) is 0.685. The van der Waals surface area contributed by atoms with E-state index in [0.29, 0.717) is 11.4 Å². The molecule has 3 N–H and O–H groups in total. The average molecular weight is 405 g/mol. The van der Waals surface area contributed by atoms with Crippen LogP contribution in [-0.4, -0.2) is 50.2 Å². The highest BCUT2D eigenvalue weighted by atomic mass is 16.6. The van der Waals surface area contributed by atoms with Gasteiger partial charge in [-0.15, -0.1) is 0 Å². The molecule has 0 spiro atoms. The third-order valence-corrected chi connectivity index (χ3v) is 4.58. The number of ether oxygens (including phenoxy) is 1. The molecule has 0 saturated heterocycles. The number of carbonyl (C=O) groups excluding carboxylic acids is 2. The van der Waals surface area contributed by atoms with Gasteiger partial charge in [-0.05, 0) is 46.6 Å². The van der Waals surface area contributed by atoms with Crippen LogP contribution in [0.15, 0.2) is 6.07 Å². The number of aromatic nitrogens is 4. The van der Waals surface area contributed by atoms with Crippen LogP contribution in [0, 0.1) is 19.8 Å². The number of nitrogens with zero attached hydrogens (tertiary/aromatic N) is 3. The van der Waals surface area contributed by atoms with E-state index < -0.39 is 11.7 Å². The molecule has 1 unspecified atom stereocenters. The minimum Gasteiger partial charge on any atom is -0.444 e. The van der Waals surface area contributed by atoms with E-state index in [-0.39, 0.29) is 24.4 Å². The van der Waals surface area contributed by atoms with E-state index in [1.165, 1.54) is 0 Å². The van der Waals surface area contributed by atoms with Gasteiger partial charge in [-0.25, -0.2) is 4.79 Å². The predicted octanol–water partition coefficient (Wildman–Crippen LogP) is 2.71. The molecule has 9 heteroatoms. The summed E-state index contributed by atoms with van der Waals surface area (Å²) in [5, 5.41) is 17.1. The van der Waals surface area contributed by atoms with Crippen molar-refractivity contribution in [1.29, 1.82) is 0 Å². The smallest absolute Gasteiger partial charge is 0.407 e. The lowest BCUT2D eigenvalue weighted by atomic mass is 10.0. The number of alkyl carbamates (subject to hydrolysis) is 1. The number of hydrogen-bond donors (Lipinski definition) is 3. The van der Waals surface area contributed by atoms with Crippen molar-refractivity contribution >= 4 is 12.0 Å². The standard InChI is InChI=1S/C20H32N6O3/c1-11(2)16(22-19(28)29-20(5,6)7)10-21-18(27)15-9-14(23-24-15)17-12(3)25-26(8)13(17)4/h9,11,16H,10H2,1-8H3,(H,21,27)(H,22,28)(H,23,24). The minimum absolute atomic E-state index is 0.112. The summed E-state index contributed by atoms with van der Waals surface area (Å²) >= 11 is 0. The molecule has 2 rings (SSSR count). The van der Waals surface area contributed by atoms with Crippen LogP contribution in [-0.2, 0) is 11.8 Å². The lowest BCUT2D eigenvalue weighted by molar-refractivity contribution is 0.0487. The Morgan fingerprint density at radius 3 is 2.45 bits per heavy atom. The molecule has 9 nitrogen and oxygen atoms in total. The number of carbonyl (C=O) groups is 2. The average Bonchev–Trinajstić information content (AvgIpc) is 3.14. The zero-order valence-corrected chi connectivity index (χ0v) is 18.5. The van der Waals surface area contributed by atoms with Gasteiger partial charge in [-0.2, -0.15) is 10.2 Å². The summed E-state index contributed by atoms with van der Waals surface area (Å²) in [5.74, 6) is -0.180. The van der Waals surface area contributed by atoms with Crippen LogP contribution in [0.2, 0.25) is 0 Å². The van der Waals surface area contributed by atoms with Crippen LogP contribution in [0.4, 0.5) is 4.79 Å². The first-order valence-electron chi connectivity index (χ1n) is 9.72.